The Labute approximate surface area is 193 Å². The van der Waals surface area contributed by atoms with E-state index in [4.69, 9.17) is 9.68 Å². The van der Waals surface area contributed by atoms with Crippen molar-refractivity contribution < 1.29 is 17.6 Å². The van der Waals surface area contributed by atoms with Gasteiger partial charge in [-0.1, -0.05) is 30.3 Å². The second kappa shape index (κ2) is 10.0. The van der Waals surface area contributed by atoms with Crippen LogP contribution in [0.3, 0.4) is 0 Å². The van der Waals surface area contributed by atoms with Gasteiger partial charge in [-0.2, -0.15) is 5.26 Å². The van der Waals surface area contributed by atoms with E-state index in [1.54, 1.807) is 41.3 Å². The highest BCUT2D eigenvalue weighted by Crippen LogP contribution is 2.22. The van der Waals surface area contributed by atoms with Gasteiger partial charge in [-0.25, -0.2) is 8.42 Å². The van der Waals surface area contributed by atoms with Crippen LogP contribution in [0.1, 0.15) is 33.7 Å². The fourth-order valence-electron chi connectivity index (χ4n) is 3.97. The van der Waals surface area contributed by atoms with E-state index in [1.807, 2.05) is 24.3 Å². The summed E-state index contributed by atoms with van der Waals surface area (Å²) in [5.74, 6) is -0.471. The fourth-order valence-corrected chi connectivity index (χ4v) is 5.35. The largest absolute Gasteiger partial charge is 0.459 e. The molecule has 1 aliphatic heterocycles. The Balaban J connectivity index is 1.41. The van der Waals surface area contributed by atoms with E-state index in [0.29, 0.717) is 30.8 Å². The summed E-state index contributed by atoms with van der Waals surface area (Å²) < 4.78 is 31.0. The second-order valence-corrected chi connectivity index (χ2v) is 10.1. The Kier molecular flexibility index (Phi) is 6.92. The molecule has 0 saturated carbocycles. The Morgan fingerprint density at radius 3 is 2.45 bits per heavy atom. The molecule has 0 unspecified atom stereocenters. The minimum absolute atomic E-state index is 0.0926. The van der Waals surface area contributed by atoms with Crippen molar-refractivity contribution in [2.24, 2.45) is 0 Å². The Morgan fingerprint density at radius 2 is 1.73 bits per heavy atom. The summed E-state index contributed by atoms with van der Waals surface area (Å²) in [6, 6.07) is 19.4. The fraction of sp³-hybridized carbons (Fsp3) is 0.280. The van der Waals surface area contributed by atoms with Gasteiger partial charge >= 0.3 is 0 Å². The summed E-state index contributed by atoms with van der Waals surface area (Å²) in [5.41, 5.74) is 2.13. The van der Waals surface area contributed by atoms with Gasteiger partial charge < -0.3 is 9.32 Å². The average molecular weight is 464 g/mol. The summed E-state index contributed by atoms with van der Waals surface area (Å²) >= 11 is 0. The Hall–Kier alpha value is -3.41. The SMILES string of the molecule is N#Cc1ccc(CN2CCCN(C(=O)c3occc3CS(=O)(=O)c3ccccc3)CC2)cc1. The average Bonchev–Trinajstić information content (AvgIpc) is 3.15. The Morgan fingerprint density at radius 1 is 0.970 bits per heavy atom. The van der Waals surface area contributed by atoms with E-state index in [1.165, 1.54) is 6.26 Å². The number of carbonyl (C=O) groups excluding carboxylic acids is 1. The van der Waals surface area contributed by atoms with Gasteiger partial charge in [0.15, 0.2) is 15.6 Å². The topological polar surface area (TPSA) is 94.6 Å². The van der Waals surface area contributed by atoms with Crippen molar-refractivity contribution in [2.75, 3.05) is 26.2 Å². The van der Waals surface area contributed by atoms with Crippen LogP contribution < -0.4 is 0 Å². The molecular weight excluding hydrogens is 438 g/mol. The summed E-state index contributed by atoms with van der Waals surface area (Å²) in [6.07, 6.45) is 2.18. The number of nitriles is 1. The maximum absolute atomic E-state index is 13.2. The molecule has 2 aromatic carbocycles. The molecule has 170 valence electrons. The number of rotatable bonds is 6. The lowest BCUT2D eigenvalue weighted by Gasteiger charge is -2.22. The minimum atomic E-state index is -3.58. The van der Waals surface area contributed by atoms with Crippen LogP contribution in [0.4, 0.5) is 0 Å². The predicted molar refractivity (Wildman–Crippen MR) is 123 cm³/mol. The zero-order valence-corrected chi connectivity index (χ0v) is 19.0. The molecule has 1 saturated heterocycles. The molecule has 3 aromatic rings. The smallest absolute Gasteiger partial charge is 0.289 e. The first-order chi connectivity index (χ1) is 16.0. The van der Waals surface area contributed by atoms with Crippen LogP contribution >= 0.6 is 0 Å². The maximum atomic E-state index is 13.2. The van der Waals surface area contributed by atoms with Gasteiger partial charge in [0.05, 0.1) is 28.5 Å². The molecule has 1 amide bonds. The minimum Gasteiger partial charge on any atom is -0.459 e. The van der Waals surface area contributed by atoms with Gasteiger partial charge in [-0.05, 0) is 42.3 Å². The van der Waals surface area contributed by atoms with Gasteiger partial charge in [-0.15, -0.1) is 0 Å². The van der Waals surface area contributed by atoms with Gasteiger partial charge in [-0.3, -0.25) is 9.69 Å². The highest BCUT2D eigenvalue weighted by atomic mass is 32.2. The number of hydrogen-bond donors (Lipinski definition) is 0. The van der Waals surface area contributed by atoms with Crippen molar-refractivity contribution in [1.82, 2.24) is 9.80 Å². The normalized spacial score (nSPS) is 15.1. The maximum Gasteiger partial charge on any atom is 0.289 e. The lowest BCUT2D eigenvalue weighted by Crippen LogP contribution is -2.35. The molecule has 1 aliphatic rings. The molecule has 0 bridgehead atoms. The summed E-state index contributed by atoms with van der Waals surface area (Å²) in [5, 5.41) is 8.95. The van der Waals surface area contributed by atoms with E-state index < -0.39 is 9.84 Å². The summed E-state index contributed by atoms with van der Waals surface area (Å²) in [4.78, 5) is 17.4. The quantitative estimate of drug-likeness (QED) is 0.556. The third-order valence-electron chi connectivity index (χ3n) is 5.75. The number of nitrogens with zero attached hydrogens (tertiary/aromatic N) is 3. The zero-order chi connectivity index (χ0) is 23.3. The number of carbonyl (C=O) groups is 1. The predicted octanol–water partition coefficient (Wildman–Crippen LogP) is 3.47. The molecule has 0 atom stereocenters. The van der Waals surface area contributed by atoms with Crippen molar-refractivity contribution in [3.63, 3.8) is 0 Å². The van der Waals surface area contributed by atoms with Crippen LogP contribution in [0.15, 0.2) is 76.2 Å². The molecule has 4 rings (SSSR count). The molecule has 33 heavy (non-hydrogen) atoms. The number of sulfone groups is 1. The van der Waals surface area contributed by atoms with Crippen LogP contribution in [-0.4, -0.2) is 50.3 Å². The van der Waals surface area contributed by atoms with Gasteiger partial charge in [0, 0.05) is 38.3 Å². The number of furan rings is 1. The molecule has 7 nitrogen and oxygen atoms in total. The summed E-state index contributed by atoms with van der Waals surface area (Å²) in [7, 11) is -3.58. The molecule has 0 N–H and O–H groups in total. The van der Waals surface area contributed by atoms with Crippen LogP contribution in [-0.2, 0) is 22.1 Å². The molecule has 1 fully saturated rings. The lowest BCUT2D eigenvalue weighted by molar-refractivity contribution is 0.0728. The van der Waals surface area contributed by atoms with E-state index >= 15 is 0 Å². The van der Waals surface area contributed by atoms with Gasteiger partial charge in [0.1, 0.15) is 0 Å². The molecule has 0 radical (unpaired) electrons. The van der Waals surface area contributed by atoms with E-state index in [-0.39, 0.29) is 22.3 Å². The standard InChI is InChI=1S/C25H25N3O4S/c26-17-20-7-9-21(10-8-20)18-27-12-4-13-28(15-14-27)25(29)24-22(11-16-32-24)19-33(30,31)23-5-2-1-3-6-23/h1-3,5-11,16H,4,12-15,18-19H2. The van der Waals surface area contributed by atoms with Crippen molar-refractivity contribution in [2.45, 2.75) is 23.6 Å². The molecule has 1 aromatic heterocycles. The first-order valence-corrected chi connectivity index (χ1v) is 12.5. The second-order valence-electron chi connectivity index (χ2n) is 8.08. The van der Waals surface area contributed by atoms with Crippen molar-refractivity contribution in [3.8, 4) is 6.07 Å². The summed E-state index contributed by atoms with van der Waals surface area (Å²) in [6.45, 7) is 3.39. The highest BCUT2D eigenvalue weighted by molar-refractivity contribution is 7.90. The van der Waals surface area contributed by atoms with Crippen molar-refractivity contribution >= 4 is 15.7 Å². The molecule has 2 heterocycles. The zero-order valence-electron chi connectivity index (χ0n) is 18.2. The van der Waals surface area contributed by atoms with Crippen LogP contribution in [0.2, 0.25) is 0 Å². The number of hydrogen-bond acceptors (Lipinski definition) is 6. The molecule has 8 heteroatoms. The van der Waals surface area contributed by atoms with Crippen LogP contribution in [0.25, 0.3) is 0 Å². The molecule has 0 spiro atoms. The van der Waals surface area contributed by atoms with Gasteiger partial charge in [0.2, 0.25) is 0 Å². The Bertz CT molecular complexity index is 1240. The van der Waals surface area contributed by atoms with E-state index in [9.17, 15) is 13.2 Å². The first-order valence-electron chi connectivity index (χ1n) is 10.8. The molecule has 0 aliphatic carbocycles. The lowest BCUT2D eigenvalue weighted by atomic mass is 10.1. The number of benzene rings is 2. The third kappa shape index (κ3) is 5.51. The van der Waals surface area contributed by atoms with Crippen LogP contribution in [0, 0.1) is 11.3 Å². The monoisotopic (exact) mass is 463 g/mol. The van der Waals surface area contributed by atoms with E-state index in [0.717, 1.165) is 25.1 Å². The highest BCUT2D eigenvalue weighted by Gasteiger charge is 2.27. The number of amides is 1. The third-order valence-corrected chi connectivity index (χ3v) is 7.44. The first kappa shape index (κ1) is 22.8. The van der Waals surface area contributed by atoms with Gasteiger partial charge in [0.25, 0.3) is 5.91 Å². The van der Waals surface area contributed by atoms with Crippen LogP contribution in [0.5, 0.6) is 0 Å². The van der Waals surface area contributed by atoms with Crippen molar-refractivity contribution in [3.05, 3.63) is 89.4 Å². The molecular formula is C25H25N3O4S. The van der Waals surface area contributed by atoms with Crippen molar-refractivity contribution in [1.29, 1.82) is 5.26 Å². The van der Waals surface area contributed by atoms with E-state index in [2.05, 4.69) is 11.0 Å².